The molecule has 7 nitrogen and oxygen atoms in total. The molecule has 4 rings (SSSR count). The van der Waals surface area contributed by atoms with Gasteiger partial charge in [-0.15, -0.1) is 11.8 Å². The first-order valence-electron chi connectivity index (χ1n) is 9.83. The van der Waals surface area contributed by atoms with Crippen molar-refractivity contribution >= 4 is 27.7 Å². The van der Waals surface area contributed by atoms with Gasteiger partial charge in [0.25, 0.3) is 5.91 Å². The van der Waals surface area contributed by atoms with Crippen LogP contribution in [0.1, 0.15) is 35.2 Å². The van der Waals surface area contributed by atoms with Crippen LogP contribution in [0.25, 0.3) is 0 Å². The number of thioether (sulfide) groups is 1. The summed E-state index contributed by atoms with van der Waals surface area (Å²) in [5.41, 5.74) is 1.20. The first-order valence-corrected chi connectivity index (χ1v) is 12.5. The second-order valence-electron chi connectivity index (χ2n) is 7.23. The highest BCUT2D eigenvalue weighted by atomic mass is 32.2. The number of nitrogens with one attached hydrogen (secondary N) is 1. The van der Waals surface area contributed by atoms with Gasteiger partial charge in [-0.25, -0.2) is 13.1 Å². The van der Waals surface area contributed by atoms with Crippen LogP contribution in [-0.2, 0) is 16.6 Å². The fraction of sp³-hybridized carbons (Fsp3) is 0.381. The Morgan fingerprint density at radius 2 is 1.83 bits per heavy atom. The molecular weight excluding hydrogens is 424 g/mol. The highest BCUT2D eigenvalue weighted by Crippen LogP contribution is 2.32. The SMILES string of the molecule is CSc1ccc(S(=O)(=O)NCc2ccc3c(c2)OCO3)cc1C(=O)N1CCCCC1. The van der Waals surface area contributed by atoms with E-state index in [0.717, 1.165) is 29.7 Å². The topological polar surface area (TPSA) is 84.9 Å². The third kappa shape index (κ3) is 4.43. The maximum absolute atomic E-state index is 13.0. The van der Waals surface area contributed by atoms with Crippen LogP contribution >= 0.6 is 11.8 Å². The number of carbonyl (C=O) groups is 1. The molecule has 0 atom stereocenters. The number of benzene rings is 2. The molecule has 1 fully saturated rings. The smallest absolute Gasteiger partial charge is 0.255 e. The summed E-state index contributed by atoms with van der Waals surface area (Å²) in [5, 5.41) is 0. The zero-order chi connectivity index (χ0) is 21.1. The molecule has 0 saturated carbocycles. The molecule has 2 aliphatic rings. The van der Waals surface area contributed by atoms with Crippen LogP contribution < -0.4 is 14.2 Å². The van der Waals surface area contributed by atoms with E-state index in [1.54, 1.807) is 30.3 Å². The summed E-state index contributed by atoms with van der Waals surface area (Å²) in [4.78, 5) is 15.7. The van der Waals surface area contributed by atoms with Crippen molar-refractivity contribution in [1.82, 2.24) is 9.62 Å². The highest BCUT2D eigenvalue weighted by molar-refractivity contribution is 7.98. The summed E-state index contributed by atoms with van der Waals surface area (Å²) in [7, 11) is -3.79. The van der Waals surface area contributed by atoms with E-state index >= 15 is 0 Å². The van der Waals surface area contributed by atoms with E-state index in [4.69, 9.17) is 9.47 Å². The number of ether oxygens (including phenoxy) is 2. The van der Waals surface area contributed by atoms with Crippen LogP contribution in [0.15, 0.2) is 46.2 Å². The van der Waals surface area contributed by atoms with Gasteiger partial charge < -0.3 is 14.4 Å². The summed E-state index contributed by atoms with van der Waals surface area (Å²) in [6.45, 7) is 1.71. The standard InChI is InChI=1S/C21H24N2O5S2/c1-29-20-8-6-16(12-17(20)21(24)23-9-3-2-4-10-23)30(25,26)22-13-15-5-7-18-19(11-15)28-14-27-18/h5-8,11-12,22H,2-4,9-10,13-14H2,1H3. The molecule has 1 saturated heterocycles. The minimum Gasteiger partial charge on any atom is -0.454 e. The maximum Gasteiger partial charge on any atom is 0.255 e. The van der Waals surface area contributed by atoms with Gasteiger partial charge in [-0.05, 0) is 61.4 Å². The second-order valence-corrected chi connectivity index (χ2v) is 9.84. The minimum absolute atomic E-state index is 0.0846. The molecule has 2 aromatic carbocycles. The fourth-order valence-electron chi connectivity index (χ4n) is 3.60. The van der Waals surface area contributed by atoms with Crippen molar-refractivity contribution in [3.63, 3.8) is 0 Å². The number of piperidine rings is 1. The van der Waals surface area contributed by atoms with Crippen LogP contribution in [0, 0.1) is 0 Å². The van der Waals surface area contributed by atoms with E-state index < -0.39 is 10.0 Å². The van der Waals surface area contributed by atoms with Crippen molar-refractivity contribution in [2.75, 3.05) is 26.1 Å². The van der Waals surface area contributed by atoms with Gasteiger partial charge >= 0.3 is 0 Å². The number of nitrogens with zero attached hydrogens (tertiary/aromatic N) is 1. The molecule has 9 heteroatoms. The van der Waals surface area contributed by atoms with E-state index in [9.17, 15) is 13.2 Å². The first kappa shape index (κ1) is 21.0. The van der Waals surface area contributed by atoms with Gasteiger partial charge in [-0.3, -0.25) is 4.79 Å². The third-order valence-electron chi connectivity index (χ3n) is 5.26. The summed E-state index contributed by atoms with van der Waals surface area (Å²) in [6, 6.07) is 10.0. The predicted octanol–water partition coefficient (Wildman–Crippen LogP) is 3.24. The molecule has 2 aromatic rings. The Kier molecular flexibility index (Phi) is 6.21. The van der Waals surface area contributed by atoms with Gasteiger partial charge in [-0.1, -0.05) is 6.07 Å². The Balaban J connectivity index is 1.53. The zero-order valence-electron chi connectivity index (χ0n) is 16.7. The molecule has 2 heterocycles. The highest BCUT2D eigenvalue weighted by Gasteiger charge is 2.24. The first-order chi connectivity index (χ1) is 14.5. The molecule has 0 radical (unpaired) electrons. The monoisotopic (exact) mass is 448 g/mol. The van der Waals surface area contributed by atoms with Crippen LogP contribution in [0.4, 0.5) is 0 Å². The molecule has 0 bridgehead atoms. The fourth-order valence-corrected chi connectivity index (χ4v) is 5.22. The van der Waals surface area contributed by atoms with E-state index in [2.05, 4.69) is 4.72 Å². The Hall–Kier alpha value is -2.23. The Morgan fingerprint density at radius 1 is 1.07 bits per heavy atom. The largest absolute Gasteiger partial charge is 0.454 e. The van der Waals surface area contributed by atoms with Crippen molar-refractivity contribution in [3.05, 3.63) is 47.5 Å². The lowest BCUT2D eigenvalue weighted by Gasteiger charge is -2.27. The number of carbonyl (C=O) groups excluding carboxylic acids is 1. The molecule has 2 aliphatic heterocycles. The maximum atomic E-state index is 13.0. The molecule has 160 valence electrons. The van der Waals surface area contributed by atoms with Crippen molar-refractivity contribution in [2.45, 2.75) is 35.6 Å². The van der Waals surface area contributed by atoms with E-state index in [0.29, 0.717) is 30.2 Å². The van der Waals surface area contributed by atoms with E-state index in [-0.39, 0.29) is 24.1 Å². The Bertz CT molecular complexity index is 1050. The van der Waals surface area contributed by atoms with Crippen molar-refractivity contribution in [1.29, 1.82) is 0 Å². The normalized spacial score (nSPS) is 16.0. The molecule has 1 N–H and O–H groups in total. The molecule has 30 heavy (non-hydrogen) atoms. The summed E-state index contributed by atoms with van der Waals surface area (Å²) >= 11 is 1.44. The van der Waals surface area contributed by atoms with Gasteiger partial charge in [0, 0.05) is 24.5 Å². The number of likely N-dealkylation sites (tertiary alicyclic amines) is 1. The molecular formula is C21H24N2O5S2. The van der Waals surface area contributed by atoms with Crippen LogP contribution in [-0.4, -0.2) is 45.4 Å². The Labute approximate surface area is 180 Å². The number of hydrogen-bond acceptors (Lipinski definition) is 6. The lowest BCUT2D eigenvalue weighted by atomic mass is 10.1. The van der Waals surface area contributed by atoms with Gasteiger partial charge in [0.05, 0.1) is 10.5 Å². The lowest BCUT2D eigenvalue weighted by molar-refractivity contribution is 0.0720. The van der Waals surface area contributed by atoms with E-state index in [1.165, 1.54) is 17.8 Å². The summed E-state index contributed by atoms with van der Waals surface area (Å²) < 4.78 is 39.0. The average molecular weight is 449 g/mol. The summed E-state index contributed by atoms with van der Waals surface area (Å²) in [5.74, 6) is 1.15. The lowest BCUT2D eigenvalue weighted by Crippen LogP contribution is -2.36. The van der Waals surface area contributed by atoms with Crippen molar-refractivity contribution in [3.8, 4) is 11.5 Å². The zero-order valence-corrected chi connectivity index (χ0v) is 18.4. The van der Waals surface area contributed by atoms with Gasteiger partial charge in [0.15, 0.2) is 11.5 Å². The predicted molar refractivity (Wildman–Crippen MR) is 115 cm³/mol. The molecule has 0 aliphatic carbocycles. The van der Waals surface area contributed by atoms with Crippen LogP contribution in [0.2, 0.25) is 0 Å². The van der Waals surface area contributed by atoms with E-state index in [1.807, 2.05) is 11.2 Å². The summed E-state index contributed by atoms with van der Waals surface area (Å²) in [6.07, 6.45) is 4.97. The van der Waals surface area contributed by atoms with Crippen molar-refractivity contribution in [2.24, 2.45) is 0 Å². The quantitative estimate of drug-likeness (QED) is 0.683. The van der Waals surface area contributed by atoms with Crippen LogP contribution in [0.5, 0.6) is 11.5 Å². The van der Waals surface area contributed by atoms with Gasteiger partial charge in [0.2, 0.25) is 16.8 Å². The molecule has 1 amide bonds. The molecule has 0 spiro atoms. The minimum atomic E-state index is -3.79. The second kappa shape index (κ2) is 8.87. The number of rotatable bonds is 6. The van der Waals surface area contributed by atoms with Crippen LogP contribution in [0.3, 0.4) is 0 Å². The average Bonchev–Trinajstić information content (AvgIpc) is 3.25. The Morgan fingerprint density at radius 3 is 2.60 bits per heavy atom. The number of sulfonamides is 1. The third-order valence-corrected chi connectivity index (χ3v) is 7.45. The number of fused-ring (bicyclic) bond motifs is 1. The van der Waals surface area contributed by atoms with Crippen molar-refractivity contribution < 1.29 is 22.7 Å². The molecule has 0 unspecified atom stereocenters. The number of hydrogen-bond donors (Lipinski definition) is 1. The van der Waals surface area contributed by atoms with Gasteiger partial charge in [0.1, 0.15) is 0 Å². The molecule has 0 aromatic heterocycles. The van der Waals surface area contributed by atoms with Gasteiger partial charge in [-0.2, -0.15) is 0 Å². The number of amides is 1.